The van der Waals surface area contributed by atoms with Crippen LogP contribution in [0.1, 0.15) is 48.5 Å². The first-order valence-corrected chi connectivity index (χ1v) is 14.1. The molecule has 0 bridgehead atoms. The van der Waals surface area contributed by atoms with Crippen LogP contribution in [-0.2, 0) is 80.9 Å². The standard InChI is InChI=1S/C27H37NO19/c1-11(29)38-9-19-23(24(42-15(5)33)21(40-13(3)31)18(45-19)8-28(36)37)47-27-26(44-17(7)35)25(43-16(6)34)22(41-14(4)32)20(46-27)10-39-12(2)30/h18-27H,8-10H2,1-7H3/t18-,19+,20+,21-,22+,23+,24+,25-,26+,27-/m0/s1. The number of hydrogen-bond donors (Lipinski definition) is 0. The molecule has 0 spiro atoms. The molecule has 20 nitrogen and oxygen atoms in total. The van der Waals surface area contributed by atoms with Gasteiger partial charge in [-0.25, -0.2) is 0 Å². The minimum absolute atomic E-state index is 0.607. The van der Waals surface area contributed by atoms with Crippen LogP contribution in [0.4, 0.5) is 0 Å². The topological polar surface area (TPSA) is 255 Å². The SMILES string of the molecule is CC(=O)OC[C@H]1O[C@@H](C[N+](=O)[O-])[C@H](OC(C)=O)[C@@H](OC(C)=O)[C@@H]1O[C@@H]1O[C@H](COC(C)=O)[C@@H](OC(C)=O)[C@H](OC(C)=O)[C@H]1OC(C)=O. The molecule has 47 heavy (non-hydrogen) atoms. The van der Waals surface area contributed by atoms with Gasteiger partial charge in [0.25, 0.3) is 0 Å². The molecule has 0 saturated carbocycles. The van der Waals surface area contributed by atoms with E-state index in [-0.39, 0.29) is 0 Å². The van der Waals surface area contributed by atoms with Crippen molar-refractivity contribution in [2.45, 2.75) is 110 Å². The van der Waals surface area contributed by atoms with Crippen molar-refractivity contribution < 1.29 is 85.9 Å². The summed E-state index contributed by atoms with van der Waals surface area (Å²) in [7, 11) is 0. The Bertz CT molecular complexity index is 1200. The van der Waals surface area contributed by atoms with Crippen molar-refractivity contribution in [1.82, 2.24) is 0 Å². The van der Waals surface area contributed by atoms with Crippen LogP contribution < -0.4 is 0 Å². The molecule has 20 heteroatoms. The summed E-state index contributed by atoms with van der Waals surface area (Å²) in [4.78, 5) is 94.9. The number of ether oxygens (including phenoxy) is 10. The number of rotatable bonds is 13. The van der Waals surface area contributed by atoms with Crippen LogP contribution in [-0.4, -0.2) is 128 Å². The monoisotopic (exact) mass is 679 g/mol. The highest BCUT2D eigenvalue weighted by atomic mass is 16.8. The Balaban J connectivity index is 2.73. The maximum atomic E-state index is 12.3. The molecule has 2 aliphatic heterocycles. The van der Waals surface area contributed by atoms with Gasteiger partial charge in [0.05, 0.1) is 0 Å². The molecule has 264 valence electrons. The Morgan fingerprint density at radius 3 is 1.28 bits per heavy atom. The Morgan fingerprint density at radius 1 is 0.511 bits per heavy atom. The average molecular weight is 680 g/mol. The quantitative estimate of drug-likeness (QED) is 0.0971. The molecule has 2 fully saturated rings. The zero-order chi connectivity index (χ0) is 35.6. The molecule has 0 aromatic heterocycles. The van der Waals surface area contributed by atoms with Crippen molar-refractivity contribution >= 4 is 41.8 Å². The summed E-state index contributed by atoms with van der Waals surface area (Å²) in [5.74, 6) is -6.28. The average Bonchev–Trinajstić information content (AvgIpc) is 2.91. The van der Waals surface area contributed by atoms with Crippen molar-refractivity contribution in [2.75, 3.05) is 19.8 Å². The summed E-state index contributed by atoms with van der Waals surface area (Å²) in [5, 5.41) is 11.5. The van der Waals surface area contributed by atoms with E-state index in [1.54, 1.807) is 0 Å². The Labute approximate surface area is 267 Å². The normalized spacial score (nSPS) is 30.1. The van der Waals surface area contributed by atoms with Gasteiger partial charge in [0.2, 0.25) is 6.54 Å². The molecule has 0 radical (unpaired) electrons. The van der Waals surface area contributed by atoms with Crippen molar-refractivity contribution in [3.63, 3.8) is 0 Å². The highest BCUT2D eigenvalue weighted by Crippen LogP contribution is 2.35. The lowest BCUT2D eigenvalue weighted by molar-refractivity contribution is -0.499. The molecule has 0 aromatic carbocycles. The zero-order valence-corrected chi connectivity index (χ0v) is 26.6. The molecular formula is C27H37NO19. The minimum atomic E-state index is -1.85. The van der Waals surface area contributed by atoms with E-state index in [0.717, 1.165) is 48.5 Å². The summed E-state index contributed by atoms with van der Waals surface area (Å²) in [6.45, 7) is 4.88. The first-order valence-electron chi connectivity index (χ1n) is 14.1. The minimum Gasteiger partial charge on any atom is -0.463 e. The van der Waals surface area contributed by atoms with Crippen molar-refractivity contribution in [3.8, 4) is 0 Å². The maximum Gasteiger partial charge on any atom is 0.303 e. The third-order valence-corrected chi connectivity index (χ3v) is 6.35. The number of nitrogens with zero attached hydrogens (tertiary/aromatic N) is 1. The highest BCUT2D eigenvalue weighted by molar-refractivity contribution is 5.69. The van der Waals surface area contributed by atoms with Gasteiger partial charge in [-0.05, 0) is 0 Å². The van der Waals surface area contributed by atoms with Crippen molar-refractivity contribution in [3.05, 3.63) is 10.1 Å². The van der Waals surface area contributed by atoms with E-state index < -0.39 is 128 Å². The number of carbonyl (C=O) groups is 7. The molecule has 0 unspecified atom stereocenters. The molecule has 2 saturated heterocycles. The van der Waals surface area contributed by atoms with Crippen LogP contribution in [0.15, 0.2) is 0 Å². The molecule has 0 N–H and O–H groups in total. The fraction of sp³-hybridized carbons (Fsp3) is 0.741. The van der Waals surface area contributed by atoms with Crippen LogP contribution in [0.3, 0.4) is 0 Å². The molecule has 2 rings (SSSR count). The molecule has 10 atom stereocenters. The first kappa shape index (κ1) is 38.8. The first-order chi connectivity index (χ1) is 21.9. The van der Waals surface area contributed by atoms with Gasteiger partial charge in [0, 0.05) is 53.4 Å². The van der Waals surface area contributed by atoms with E-state index in [9.17, 15) is 43.7 Å². The van der Waals surface area contributed by atoms with E-state index in [1.165, 1.54) is 0 Å². The van der Waals surface area contributed by atoms with Gasteiger partial charge in [-0.3, -0.25) is 43.7 Å². The zero-order valence-electron chi connectivity index (χ0n) is 26.6. The highest BCUT2D eigenvalue weighted by Gasteiger charge is 2.58. The van der Waals surface area contributed by atoms with Crippen LogP contribution >= 0.6 is 0 Å². The largest absolute Gasteiger partial charge is 0.463 e. The van der Waals surface area contributed by atoms with E-state index in [0.29, 0.717) is 0 Å². The fourth-order valence-corrected chi connectivity index (χ4v) is 4.90. The van der Waals surface area contributed by atoms with Crippen LogP contribution in [0.5, 0.6) is 0 Å². The van der Waals surface area contributed by atoms with E-state index in [1.807, 2.05) is 0 Å². The molecule has 0 aliphatic carbocycles. The van der Waals surface area contributed by atoms with Crippen molar-refractivity contribution in [1.29, 1.82) is 0 Å². The third kappa shape index (κ3) is 12.0. The predicted octanol–water partition coefficient (Wildman–Crippen LogP) is -1.07. The lowest BCUT2D eigenvalue weighted by atomic mass is 9.93. The van der Waals surface area contributed by atoms with Crippen molar-refractivity contribution in [2.24, 2.45) is 0 Å². The second-order valence-corrected chi connectivity index (χ2v) is 10.3. The van der Waals surface area contributed by atoms with E-state index >= 15 is 0 Å². The third-order valence-electron chi connectivity index (χ3n) is 6.35. The summed E-state index contributed by atoms with van der Waals surface area (Å²) in [6.07, 6.45) is -16.4. The van der Waals surface area contributed by atoms with Gasteiger partial charge in [0.15, 0.2) is 42.9 Å². The molecular weight excluding hydrogens is 642 g/mol. The van der Waals surface area contributed by atoms with Crippen LogP contribution in [0, 0.1) is 10.1 Å². The molecule has 0 amide bonds. The van der Waals surface area contributed by atoms with Gasteiger partial charge in [0.1, 0.15) is 31.5 Å². The van der Waals surface area contributed by atoms with Gasteiger partial charge in [-0.2, -0.15) is 0 Å². The van der Waals surface area contributed by atoms with Gasteiger partial charge < -0.3 is 47.4 Å². The summed E-state index contributed by atoms with van der Waals surface area (Å²) in [5.41, 5.74) is 0. The predicted molar refractivity (Wildman–Crippen MR) is 145 cm³/mol. The summed E-state index contributed by atoms with van der Waals surface area (Å²) >= 11 is 0. The molecule has 0 aromatic rings. The Hall–Kier alpha value is -4.43. The number of hydrogen-bond acceptors (Lipinski definition) is 19. The van der Waals surface area contributed by atoms with Gasteiger partial charge in [-0.15, -0.1) is 0 Å². The summed E-state index contributed by atoms with van der Waals surface area (Å²) < 4.78 is 54.8. The van der Waals surface area contributed by atoms with Gasteiger partial charge >= 0.3 is 41.8 Å². The molecule has 2 aliphatic rings. The van der Waals surface area contributed by atoms with E-state index in [4.69, 9.17) is 47.4 Å². The molecule has 2 heterocycles. The maximum absolute atomic E-state index is 12.3. The Morgan fingerprint density at radius 2 is 0.872 bits per heavy atom. The number of esters is 7. The second-order valence-electron chi connectivity index (χ2n) is 10.3. The van der Waals surface area contributed by atoms with Crippen LogP contribution in [0.2, 0.25) is 0 Å². The van der Waals surface area contributed by atoms with Gasteiger partial charge in [-0.1, -0.05) is 0 Å². The smallest absolute Gasteiger partial charge is 0.303 e. The van der Waals surface area contributed by atoms with Crippen LogP contribution in [0.25, 0.3) is 0 Å². The number of nitro groups is 1. The lowest BCUT2D eigenvalue weighted by Crippen LogP contribution is -2.67. The number of carbonyl (C=O) groups excluding carboxylic acids is 7. The van der Waals surface area contributed by atoms with E-state index in [2.05, 4.69) is 0 Å². The fourth-order valence-electron chi connectivity index (χ4n) is 4.90. The summed E-state index contributed by atoms with van der Waals surface area (Å²) in [6, 6.07) is 0. The Kier molecular flexibility index (Phi) is 14.4. The lowest BCUT2D eigenvalue weighted by Gasteiger charge is -2.48. The second kappa shape index (κ2) is 17.5.